The normalized spacial score (nSPS) is 27.2. The van der Waals surface area contributed by atoms with Crippen LogP contribution in [-0.4, -0.2) is 77.8 Å². The van der Waals surface area contributed by atoms with Gasteiger partial charge in [-0.25, -0.2) is 14.8 Å². The minimum atomic E-state index is -0.397. The summed E-state index contributed by atoms with van der Waals surface area (Å²) in [6.07, 6.45) is 9.99. The summed E-state index contributed by atoms with van der Waals surface area (Å²) in [4.78, 5) is 32.3. The molecule has 2 bridgehead atoms. The van der Waals surface area contributed by atoms with Gasteiger partial charge in [-0.15, -0.1) is 0 Å². The lowest BCUT2D eigenvalue weighted by molar-refractivity contribution is -0.176. The van der Waals surface area contributed by atoms with Crippen molar-refractivity contribution in [1.82, 2.24) is 25.1 Å². The van der Waals surface area contributed by atoms with Crippen LogP contribution < -0.4 is 10.1 Å². The molecule has 5 aliphatic rings. The minimum absolute atomic E-state index is 0.0808. The van der Waals surface area contributed by atoms with E-state index in [1.54, 1.807) is 17.1 Å². The van der Waals surface area contributed by atoms with E-state index in [4.69, 9.17) is 4.74 Å². The Kier molecular flexibility index (Phi) is 8.48. The van der Waals surface area contributed by atoms with Crippen LogP contribution in [0.25, 0.3) is 0 Å². The van der Waals surface area contributed by atoms with Crippen molar-refractivity contribution >= 4 is 11.9 Å². The highest BCUT2D eigenvalue weighted by atomic mass is 16.5. The van der Waals surface area contributed by atoms with Gasteiger partial charge in [0.15, 0.2) is 0 Å². The zero-order valence-electron chi connectivity index (χ0n) is 25.9. The molecule has 8 heteroatoms. The third-order valence-electron chi connectivity index (χ3n) is 9.54. The first-order valence-corrected chi connectivity index (χ1v) is 15.7. The molecule has 4 heterocycles. The summed E-state index contributed by atoms with van der Waals surface area (Å²) >= 11 is 0. The van der Waals surface area contributed by atoms with Crippen LogP contribution in [0.3, 0.4) is 0 Å². The number of fused-ring (bicyclic) bond motifs is 3. The molecule has 2 saturated heterocycles. The number of amides is 3. The lowest BCUT2D eigenvalue weighted by Crippen LogP contribution is -2.74. The summed E-state index contributed by atoms with van der Waals surface area (Å²) < 4.78 is 5.28. The first-order chi connectivity index (χ1) is 20.8. The lowest BCUT2D eigenvalue weighted by atomic mass is 9.78. The third-order valence-corrected chi connectivity index (χ3v) is 9.54. The van der Waals surface area contributed by atoms with Gasteiger partial charge in [0, 0.05) is 31.8 Å². The Hall–Kier alpha value is -3.78. The molecule has 2 fully saturated rings. The summed E-state index contributed by atoms with van der Waals surface area (Å²) in [5, 5.41) is 6.71. The Morgan fingerprint density at radius 2 is 1.79 bits per heavy atom. The minimum Gasteiger partial charge on any atom is -0.497 e. The van der Waals surface area contributed by atoms with Crippen molar-refractivity contribution in [3.05, 3.63) is 89.6 Å². The van der Waals surface area contributed by atoms with Crippen LogP contribution in [0.1, 0.15) is 50.2 Å². The number of hydrogen-bond acceptors (Lipinski definition) is 5. The van der Waals surface area contributed by atoms with Crippen LogP contribution >= 0.6 is 0 Å². The predicted octanol–water partition coefficient (Wildman–Crippen LogP) is 5.22. The number of piperazine rings is 1. The summed E-state index contributed by atoms with van der Waals surface area (Å²) in [6, 6.07) is 18.3. The monoisotopic (exact) mass is 583 g/mol. The number of nitrogens with one attached hydrogen (secondary N) is 1. The molecule has 4 aliphatic heterocycles. The molecule has 43 heavy (non-hydrogen) atoms. The van der Waals surface area contributed by atoms with E-state index >= 15 is 0 Å². The van der Waals surface area contributed by atoms with E-state index in [-0.39, 0.29) is 24.5 Å². The standard InChI is InChI=1S/C35H45N5O3/c1-24(2)18-32-31-19-25-10-14-28(15-11-25)30(27-8-6-5-7-9-27)21-38(31)22-33-39(32)34(41)23-37(3)40(33)35(42)36-20-26-12-16-29(43-4)17-13-26/h5-10,12-14,16-17,19,24-25,28,30,32-33H,11,15,18,20-23H2,1-4H3,(H,36,42)/t25?,28?,30?,32-,33-/m0/s1. The average Bonchev–Trinajstić information content (AvgIpc) is 3.13. The lowest BCUT2D eigenvalue weighted by Gasteiger charge is -2.57. The molecule has 2 aromatic carbocycles. The number of benzene rings is 2. The second-order valence-electron chi connectivity index (χ2n) is 12.9. The van der Waals surface area contributed by atoms with Crippen molar-refractivity contribution in [3.63, 3.8) is 0 Å². The highest BCUT2D eigenvalue weighted by Crippen LogP contribution is 2.42. The van der Waals surface area contributed by atoms with Crippen LogP contribution in [0.15, 0.2) is 78.5 Å². The molecule has 0 saturated carbocycles. The number of hydrogen-bond donors (Lipinski definition) is 1. The van der Waals surface area contributed by atoms with Gasteiger partial charge in [0.25, 0.3) is 0 Å². The fraction of sp³-hybridized carbons (Fsp3) is 0.486. The van der Waals surface area contributed by atoms with Crippen molar-refractivity contribution in [1.29, 1.82) is 0 Å². The summed E-state index contributed by atoms with van der Waals surface area (Å²) in [7, 11) is 3.49. The highest BCUT2D eigenvalue weighted by molar-refractivity contribution is 5.83. The molecule has 0 aromatic heterocycles. The Morgan fingerprint density at radius 1 is 1.02 bits per heavy atom. The van der Waals surface area contributed by atoms with E-state index in [1.165, 1.54) is 11.3 Å². The largest absolute Gasteiger partial charge is 0.497 e. The quantitative estimate of drug-likeness (QED) is 0.473. The maximum atomic E-state index is 13.9. The van der Waals surface area contributed by atoms with Crippen molar-refractivity contribution in [3.8, 4) is 5.75 Å². The molecule has 1 N–H and O–H groups in total. The number of allylic oxidation sites excluding steroid dienone is 3. The maximum Gasteiger partial charge on any atom is 0.334 e. The van der Waals surface area contributed by atoms with E-state index in [0.29, 0.717) is 36.8 Å². The fourth-order valence-corrected chi connectivity index (χ4v) is 7.42. The Balaban J connectivity index is 1.34. The second-order valence-corrected chi connectivity index (χ2v) is 12.9. The number of carbonyl (C=O) groups excluding carboxylic acids is 2. The molecular weight excluding hydrogens is 538 g/mol. The van der Waals surface area contributed by atoms with E-state index in [0.717, 1.165) is 37.1 Å². The van der Waals surface area contributed by atoms with E-state index in [2.05, 4.69) is 72.6 Å². The third kappa shape index (κ3) is 6.03. The zero-order chi connectivity index (χ0) is 30.1. The Morgan fingerprint density at radius 3 is 2.47 bits per heavy atom. The molecule has 0 radical (unpaired) electrons. The van der Waals surface area contributed by atoms with E-state index in [1.807, 2.05) is 36.2 Å². The zero-order valence-corrected chi connectivity index (χ0v) is 25.9. The molecule has 7 rings (SSSR count). The van der Waals surface area contributed by atoms with Gasteiger partial charge in [0.2, 0.25) is 5.91 Å². The van der Waals surface area contributed by atoms with Crippen molar-refractivity contribution in [2.45, 2.75) is 57.8 Å². The van der Waals surface area contributed by atoms with Gasteiger partial charge in [-0.05, 0) is 60.3 Å². The number of methoxy groups -OCH3 is 1. The van der Waals surface area contributed by atoms with Gasteiger partial charge < -0.3 is 19.9 Å². The molecule has 8 nitrogen and oxygen atoms in total. The van der Waals surface area contributed by atoms with Crippen molar-refractivity contribution in [2.24, 2.45) is 17.8 Å². The molecule has 1 aliphatic carbocycles. The summed E-state index contributed by atoms with van der Waals surface area (Å²) in [5.74, 6) is 2.41. The van der Waals surface area contributed by atoms with Gasteiger partial charge in [0.05, 0.1) is 26.2 Å². The van der Waals surface area contributed by atoms with Crippen LogP contribution in [0.4, 0.5) is 4.79 Å². The Bertz CT molecular complexity index is 1360. The van der Waals surface area contributed by atoms with E-state index in [9.17, 15) is 9.59 Å². The molecule has 3 amide bonds. The van der Waals surface area contributed by atoms with Gasteiger partial charge in [-0.1, -0.05) is 74.5 Å². The first-order valence-electron chi connectivity index (χ1n) is 15.7. The average molecular weight is 584 g/mol. The molecule has 228 valence electrons. The van der Waals surface area contributed by atoms with Gasteiger partial charge in [-0.2, -0.15) is 0 Å². The number of urea groups is 1. The van der Waals surface area contributed by atoms with Crippen LogP contribution in [0, 0.1) is 17.8 Å². The first kappa shape index (κ1) is 29.3. The fourth-order valence-electron chi connectivity index (χ4n) is 7.42. The number of likely N-dealkylation sites (N-methyl/N-ethyl adjacent to an activating group) is 1. The number of nitrogens with zero attached hydrogens (tertiary/aromatic N) is 4. The second kappa shape index (κ2) is 12.4. The molecule has 5 atom stereocenters. The smallest absolute Gasteiger partial charge is 0.334 e. The molecule has 2 aromatic rings. The van der Waals surface area contributed by atoms with Crippen molar-refractivity contribution in [2.75, 3.05) is 33.8 Å². The number of hydrazine groups is 1. The molecule has 0 spiro atoms. The topological polar surface area (TPSA) is 68.4 Å². The number of ether oxygens (including phenoxy) is 1. The summed E-state index contributed by atoms with van der Waals surface area (Å²) in [5.41, 5.74) is 3.59. The highest BCUT2D eigenvalue weighted by Gasteiger charge is 2.50. The predicted molar refractivity (Wildman–Crippen MR) is 168 cm³/mol. The molecule has 3 unspecified atom stereocenters. The SMILES string of the molecule is COc1ccc(CNC(=O)N2[C@H]3CN4CC(c5ccccc5)C5C=CC(C=C4[C@H](CC(C)C)N3C(=O)CN2C)CC5)cc1. The van der Waals surface area contributed by atoms with Crippen LogP contribution in [0.2, 0.25) is 0 Å². The molecular formula is C35H45N5O3. The van der Waals surface area contributed by atoms with E-state index < -0.39 is 6.17 Å². The number of carbonyl (C=O) groups is 2. The summed E-state index contributed by atoms with van der Waals surface area (Å²) in [6.45, 7) is 6.45. The number of rotatable bonds is 6. The van der Waals surface area contributed by atoms with Crippen LogP contribution in [0.5, 0.6) is 5.75 Å². The van der Waals surface area contributed by atoms with Crippen LogP contribution in [-0.2, 0) is 11.3 Å². The van der Waals surface area contributed by atoms with Gasteiger partial charge in [0.1, 0.15) is 11.9 Å². The maximum absolute atomic E-state index is 13.9. The Labute approximate surface area is 255 Å². The van der Waals surface area contributed by atoms with Gasteiger partial charge in [-0.3, -0.25) is 4.79 Å². The van der Waals surface area contributed by atoms with Crippen molar-refractivity contribution < 1.29 is 14.3 Å². The van der Waals surface area contributed by atoms with Gasteiger partial charge >= 0.3 is 6.03 Å².